The first-order valence-corrected chi connectivity index (χ1v) is 6.36. The van der Waals surface area contributed by atoms with Crippen molar-refractivity contribution in [1.82, 2.24) is 0 Å². The van der Waals surface area contributed by atoms with Crippen molar-refractivity contribution >= 4 is 11.9 Å². The summed E-state index contributed by atoms with van der Waals surface area (Å²) < 4.78 is 0. The normalized spacial score (nSPS) is 12.7. The van der Waals surface area contributed by atoms with Gasteiger partial charge in [-0.25, -0.2) is 0 Å². The average Bonchev–Trinajstić information content (AvgIpc) is 2.37. The molecule has 0 aliphatic carbocycles. The van der Waals surface area contributed by atoms with E-state index < -0.39 is 22.8 Å². The molecule has 0 rings (SSSR count). The van der Waals surface area contributed by atoms with E-state index in [-0.39, 0.29) is 37.7 Å². The van der Waals surface area contributed by atoms with Gasteiger partial charge >= 0.3 is 37.7 Å². The minimum Gasteiger partial charge on any atom is -0.549 e. The molecule has 0 unspecified atom stereocenters. The van der Waals surface area contributed by atoms with Crippen molar-refractivity contribution < 1.29 is 57.5 Å². The molecule has 0 amide bonds. The third kappa shape index (κ3) is 4.80. The number of aliphatic carboxylic acids is 2. The van der Waals surface area contributed by atoms with Crippen LogP contribution in [0.1, 0.15) is 27.7 Å². The molecule has 0 aromatic carbocycles. The molecule has 0 aromatic rings. The second kappa shape index (κ2) is 11.6. The number of carbonyl (C=O) groups excluding carboxylic acids is 2. The van der Waals surface area contributed by atoms with E-state index in [2.05, 4.69) is 0 Å². The molecule has 0 radical (unpaired) electrons. The molecule has 0 bridgehead atoms. The molecule has 22 heavy (non-hydrogen) atoms. The maximum atomic E-state index is 11.7. The standard InChI is InChI=1S/C16H22O4.2Li/c1-5-9-15(10-6-2,13(17)18)16(11-7-3,12-8-4)14(19)20;;/h5-12H,1-4H3,(H,17,18)(H,19,20);;/q;2*+1/p-2/b9-5-,10-6-,11-7-,12-8-;;. The van der Waals surface area contributed by atoms with Gasteiger partial charge in [-0.1, -0.05) is 48.6 Å². The van der Waals surface area contributed by atoms with Crippen LogP contribution in [0.25, 0.3) is 0 Å². The summed E-state index contributed by atoms with van der Waals surface area (Å²) in [6.07, 6.45) is 11.2. The van der Waals surface area contributed by atoms with Crippen LogP contribution in [-0.4, -0.2) is 11.9 Å². The molecular weight excluding hydrogens is 270 g/mol. The predicted octanol–water partition coefficient (Wildman–Crippen LogP) is -5.23. The van der Waals surface area contributed by atoms with Crippen LogP contribution in [0.4, 0.5) is 0 Å². The van der Waals surface area contributed by atoms with Crippen LogP contribution < -0.4 is 47.9 Å². The van der Waals surface area contributed by atoms with Crippen LogP contribution in [0.2, 0.25) is 0 Å². The zero-order valence-electron chi connectivity index (χ0n) is 14.3. The van der Waals surface area contributed by atoms with Gasteiger partial charge in [-0.05, 0) is 27.7 Å². The number of hydrogen-bond donors (Lipinski definition) is 0. The van der Waals surface area contributed by atoms with Gasteiger partial charge in [0.25, 0.3) is 0 Å². The van der Waals surface area contributed by atoms with Gasteiger partial charge < -0.3 is 19.8 Å². The van der Waals surface area contributed by atoms with Crippen LogP contribution in [0.15, 0.2) is 48.6 Å². The first-order chi connectivity index (χ1) is 9.38. The molecule has 0 N–H and O–H groups in total. The molecule has 0 atom stereocenters. The second-order valence-electron chi connectivity index (χ2n) is 4.31. The molecule has 0 spiro atoms. The van der Waals surface area contributed by atoms with Gasteiger partial charge in [-0.15, -0.1) is 0 Å². The first-order valence-electron chi connectivity index (χ1n) is 6.36. The monoisotopic (exact) mass is 290 g/mol. The van der Waals surface area contributed by atoms with E-state index in [1.54, 1.807) is 27.7 Å². The van der Waals surface area contributed by atoms with E-state index in [0.717, 1.165) is 0 Å². The molecule has 4 nitrogen and oxygen atoms in total. The van der Waals surface area contributed by atoms with Crippen molar-refractivity contribution in [3.05, 3.63) is 48.6 Å². The molecule has 0 saturated heterocycles. The van der Waals surface area contributed by atoms with Crippen LogP contribution in [0.5, 0.6) is 0 Å². The van der Waals surface area contributed by atoms with Crippen LogP contribution in [-0.2, 0) is 9.59 Å². The van der Waals surface area contributed by atoms with Crippen molar-refractivity contribution in [2.75, 3.05) is 0 Å². The Bertz CT molecular complexity index is 409. The van der Waals surface area contributed by atoms with Crippen molar-refractivity contribution in [3.63, 3.8) is 0 Å². The molecule has 0 aliphatic rings. The number of allylic oxidation sites excluding steroid dienone is 4. The smallest absolute Gasteiger partial charge is 0.549 e. The van der Waals surface area contributed by atoms with Crippen LogP contribution in [0.3, 0.4) is 0 Å². The zero-order valence-corrected chi connectivity index (χ0v) is 14.3. The Kier molecular flexibility index (Phi) is 13.8. The van der Waals surface area contributed by atoms with Gasteiger partial charge in [0.15, 0.2) is 0 Å². The van der Waals surface area contributed by atoms with Gasteiger partial charge in [-0.2, -0.15) is 0 Å². The van der Waals surface area contributed by atoms with E-state index in [1.807, 2.05) is 0 Å². The Balaban J connectivity index is -0.00000180. The van der Waals surface area contributed by atoms with E-state index in [1.165, 1.54) is 48.6 Å². The third-order valence-corrected chi connectivity index (χ3v) is 3.08. The maximum absolute atomic E-state index is 11.7. The molecule has 110 valence electrons. The number of hydrogen-bond acceptors (Lipinski definition) is 4. The summed E-state index contributed by atoms with van der Waals surface area (Å²) in [6, 6.07) is 0. The molecule has 0 aliphatic heterocycles. The molecule has 0 saturated carbocycles. The molecule has 0 fully saturated rings. The Hall–Kier alpha value is -0.905. The maximum Gasteiger partial charge on any atom is 1.00 e. The van der Waals surface area contributed by atoms with Crippen molar-refractivity contribution in [1.29, 1.82) is 0 Å². The van der Waals surface area contributed by atoms with E-state index in [9.17, 15) is 19.8 Å². The van der Waals surface area contributed by atoms with Crippen molar-refractivity contribution in [2.24, 2.45) is 10.8 Å². The van der Waals surface area contributed by atoms with E-state index in [4.69, 9.17) is 0 Å². The Labute approximate surface area is 156 Å². The second-order valence-corrected chi connectivity index (χ2v) is 4.31. The Morgan fingerprint density at radius 1 is 0.636 bits per heavy atom. The van der Waals surface area contributed by atoms with E-state index in [0.29, 0.717) is 0 Å². The summed E-state index contributed by atoms with van der Waals surface area (Å²) in [7, 11) is 0. The summed E-state index contributed by atoms with van der Waals surface area (Å²) >= 11 is 0. The topological polar surface area (TPSA) is 80.3 Å². The van der Waals surface area contributed by atoms with Gasteiger partial charge in [0.1, 0.15) is 0 Å². The minimum atomic E-state index is -1.85. The van der Waals surface area contributed by atoms with Gasteiger partial charge in [-0.3, -0.25) is 0 Å². The van der Waals surface area contributed by atoms with Crippen molar-refractivity contribution in [2.45, 2.75) is 27.7 Å². The first kappa shape index (κ1) is 26.0. The van der Waals surface area contributed by atoms with Gasteiger partial charge in [0, 0.05) is 0 Å². The van der Waals surface area contributed by atoms with Crippen LogP contribution in [0, 0.1) is 10.8 Å². The number of rotatable bonds is 7. The minimum absolute atomic E-state index is 0. The molecule has 0 heterocycles. The fraction of sp³-hybridized carbons (Fsp3) is 0.375. The van der Waals surface area contributed by atoms with Gasteiger partial charge in [0.2, 0.25) is 0 Å². The number of carboxylic acid groups (broad SMARTS) is 2. The Morgan fingerprint density at radius 3 is 0.909 bits per heavy atom. The summed E-state index contributed by atoms with van der Waals surface area (Å²) in [4.78, 5) is 23.5. The van der Waals surface area contributed by atoms with Gasteiger partial charge in [0.05, 0.1) is 22.8 Å². The fourth-order valence-electron chi connectivity index (χ4n) is 2.32. The summed E-state index contributed by atoms with van der Waals surface area (Å²) in [6.45, 7) is 6.47. The largest absolute Gasteiger partial charge is 1.00 e. The predicted molar refractivity (Wildman–Crippen MR) is 74.1 cm³/mol. The Morgan fingerprint density at radius 2 is 0.818 bits per heavy atom. The average molecular weight is 290 g/mol. The van der Waals surface area contributed by atoms with E-state index >= 15 is 0 Å². The quantitative estimate of drug-likeness (QED) is 0.347. The SMILES string of the molecule is C/C=C\C(/C=C\C)(C(=O)[O-])C(/C=C\C)(/C=C\C)C(=O)[O-].[Li+].[Li+]. The molecular formula is C16H20Li2O4. The summed E-state index contributed by atoms with van der Waals surface area (Å²) in [5.41, 5.74) is -3.71. The molecule has 6 heteroatoms. The number of carbonyl (C=O) groups is 2. The zero-order chi connectivity index (χ0) is 15.8. The fourth-order valence-corrected chi connectivity index (χ4v) is 2.32. The molecule has 0 aromatic heterocycles. The summed E-state index contributed by atoms with van der Waals surface area (Å²) in [5, 5.41) is 23.5. The van der Waals surface area contributed by atoms with Crippen molar-refractivity contribution in [3.8, 4) is 0 Å². The third-order valence-electron chi connectivity index (χ3n) is 3.08. The van der Waals surface area contributed by atoms with Crippen LogP contribution >= 0.6 is 0 Å². The number of carboxylic acids is 2. The summed E-state index contributed by atoms with van der Waals surface area (Å²) in [5.74, 6) is -3.01.